The van der Waals surface area contributed by atoms with Gasteiger partial charge in [-0.2, -0.15) is 0 Å². The zero-order chi connectivity index (χ0) is 12.0. The second-order valence-corrected chi connectivity index (χ2v) is 4.75. The third-order valence-electron chi connectivity index (χ3n) is 3.36. The molecule has 0 N–H and O–H groups in total. The zero-order valence-corrected chi connectivity index (χ0v) is 14.5. The first kappa shape index (κ1) is 20.4. The van der Waals surface area contributed by atoms with Crippen LogP contribution < -0.4 is 22.6 Å². The van der Waals surface area contributed by atoms with Crippen molar-refractivity contribution in [1.82, 2.24) is 0 Å². The molecule has 0 bridgehead atoms. The molecule has 100 valence electrons. The summed E-state index contributed by atoms with van der Waals surface area (Å²) in [6.07, 6.45) is 7.33. The minimum atomic E-state index is -0.894. The van der Waals surface area contributed by atoms with E-state index in [-0.39, 0.29) is 51.1 Å². The third kappa shape index (κ3) is 9.09. The summed E-state index contributed by atoms with van der Waals surface area (Å²) in [4.78, 5) is 19.8. The number of rotatable bonds is 4. The van der Waals surface area contributed by atoms with Gasteiger partial charge in [0.1, 0.15) is 0 Å². The van der Waals surface area contributed by atoms with Crippen molar-refractivity contribution in [2.75, 3.05) is 0 Å². The van der Waals surface area contributed by atoms with Gasteiger partial charge in [0, 0.05) is 11.9 Å². The summed E-state index contributed by atoms with van der Waals surface area (Å²) >= 11 is 0. The average Bonchev–Trinajstić information content (AvgIpc) is 2.05. The van der Waals surface area contributed by atoms with Gasteiger partial charge in [-0.25, -0.2) is 0 Å². The first-order valence-corrected chi connectivity index (χ1v) is 5.97. The van der Waals surface area contributed by atoms with Crippen LogP contribution in [0.15, 0.2) is 0 Å². The van der Waals surface area contributed by atoms with Crippen molar-refractivity contribution in [1.29, 1.82) is 0 Å². The Kier molecular flexibility index (Phi) is 12.4. The third-order valence-corrected chi connectivity index (χ3v) is 3.36. The minimum Gasteiger partial charge on any atom is -1.00 e. The monoisotopic (exact) mass is 376 g/mol. The summed E-state index contributed by atoms with van der Waals surface area (Å²) in [6, 6.07) is 0. The molecular weight excluding hydrogens is 358 g/mol. The molecule has 18 heavy (non-hydrogen) atoms. The van der Waals surface area contributed by atoms with Crippen LogP contribution in [0.3, 0.4) is 0 Å². The Bertz CT molecular complexity index is 226. The van der Waals surface area contributed by atoms with Crippen molar-refractivity contribution >= 4 is 37.8 Å². The Labute approximate surface area is 133 Å². The Morgan fingerprint density at radius 3 is 1.17 bits per heavy atom. The van der Waals surface area contributed by atoms with Gasteiger partial charge in [-0.3, -0.25) is 0 Å². The standard InChI is InChI=1S/2C6H10O2.ClH.In/c2*7-6(8)4-5-2-1-3-5;;/h2*5H,1-4H2,(H,7,8);1H;/q;;;+3/p-3. The molecule has 6 heteroatoms. The van der Waals surface area contributed by atoms with Gasteiger partial charge >= 0.3 is 25.8 Å². The van der Waals surface area contributed by atoms with Crippen molar-refractivity contribution in [2.24, 2.45) is 11.8 Å². The van der Waals surface area contributed by atoms with Crippen LogP contribution in [-0.2, 0) is 9.59 Å². The van der Waals surface area contributed by atoms with E-state index in [4.69, 9.17) is 0 Å². The number of carboxylic acids is 2. The van der Waals surface area contributed by atoms with Crippen LogP contribution in [0.25, 0.3) is 0 Å². The molecule has 0 heterocycles. The fourth-order valence-electron chi connectivity index (χ4n) is 1.87. The van der Waals surface area contributed by atoms with E-state index in [2.05, 4.69) is 0 Å². The van der Waals surface area contributed by atoms with Crippen molar-refractivity contribution < 1.29 is 32.2 Å². The molecule has 2 aliphatic carbocycles. The Morgan fingerprint density at radius 1 is 0.833 bits per heavy atom. The van der Waals surface area contributed by atoms with Crippen LogP contribution in [0, 0.1) is 11.8 Å². The Hall–Kier alpha value is 0.100. The summed E-state index contributed by atoms with van der Waals surface area (Å²) in [7, 11) is 0. The Balaban J connectivity index is 0. The molecule has 0 amide bonds. The van der Waals surface area contributed by atoms with Gasteiger partial charge in [-0.1, -0.05) is 38.5 Å². The maximum atomic E-state index is 9.89. The Morgan fingerprint density at radius 2 is 1.11 bits per heavy atom. The number of hydrogen-bond acceptors (Lipinski definition) is 4. The van der Waals surface area contributed by atoms with E-state index in [0.717, 1.165) is 25.7 Å². The summed E-state index contributed by atoms with van der Waals surface area (Å²) < 4.78 is 0. The molecule has 2 aliphatic rings. The van der Waals surface area contributed by atoms with Crippen LogP contribution in [-0.4, -0.2) is 37.8 Å². The van der Waals surface area contributed by atoms with Gasteiger partial charge in [-0.15, -0.1) is 0 Å². The first-order chi connectivity index (χ1) is 7.58. The first-order valence-electron chi connectivity index (χ1n) is 5.97. The van der Waals surface area contributed by atoms with Crippen molar-refractivity contribution in [2.45, 2.75) is 51.4 Å². The number of hydrogen-bond donors (Lipinski definition) is 0. The normalized spacial score (nSPS) is 17.8. The molecule has 0 radical (unpaired) electrons. The number of carboxylic acid groups (broad SMARTS) is 2. The number of carbonyl (C=O) groups is 2. The van der Waals surface area contributed by atoms with E-state index >= 15 is 0 Å². The number of aliphatic carboxylic acids is 2. The predicted octanol–water partition coefficient (Wildman–Crippen LogP) is -3.52. The van der Waals surface area contributed by atoms with Gasteiger partial charge in [0.25, 0.3) is 0 Å². The van der Waals surface area contributed by atoms with Crippen LogP contribution in [0.2, 0.25) is 0 Å². The van der Waals surface area contributed by atoms with E-state index in [0.29, 0.717) is 11.8 Å². The largest absolute Gasteiger partial charge is 3.00 e. The van der Waals surface area contributed by atoms with E-state index < -0.39 is 11.9 Å². The summed E-state index contributed by atoms with van der Waals surface area (Å²) in [6.45, 7) is 0. The van der Waals surface area contributed by atoms with E-state index in [1.165, 1.54) is 12.8 Å². The van der Waals surface area contributed by atoms with Gasteiger partial charge in [0.05, 0.1) is 0 Å². The molecule has 0 aliphatic heterocycles. The molecule has 0 unspecified atom stereocenters. The number of halogens is 1. The predicted molar refractivity (Wildman–Crippen MR) is 59.7 cm³/mol. The summed E-state index contributed by atoms with van der Waals surface area (Å²) in [5.41, 5.74) is 0. The molecule has 2 fully saturated rings. The van der Waals surface area contributed by atoms with Crippen LogP contribution in [0.4, 0.5) is 0 Å². The molecule has 0 aromatic rings. The molecule has 0 aromatic carbocycles. The van der Waals surface area contributed by atoms with Gasteiger partial charge in [-0.05, 0) is 24.7 Å². The second-order valence-electron chi connectivity index (χ2n) is 4.75. The molecule has 2 saturated carbocycles. The van der Waals surface area contributed by atoms with Crippen molar-refractivity contribution in [3.8, 4) is 0 Å². The van der Waals surface area contributed by atoms with Gasteiger partial charge in [0.15, 0.2) is 0 Å². The minimum absolute atomic E-state index is 0. The maximum Gasteiger partial charge on any atom is 3.00 e. The fraction of sp³-hybridized carbons (Fsp3) is 0.833. The summed E-state index contributed by atoms with van der Waals surface area (Å²) in [5.74, 6) is -0.899. The number of carbonyl (C=O) groups excluding carboxylic acids is 2. The maximum absolute atomic E-state index is 9.89. The molecule has 4 nitrogen and oxygen atoms in total. The van der Waals surface area contributed by atoms with E-state index in [9.17, 15) is 19.8 Å². The smallest absolute Gasteiger partial charge is 1.00 e. The van der Waals surface area contributed by atoms with Crippen molar-refractivity contribution in [3.05, 3.63) is 0 Å². The molecule has 2 rings (SSSR count). The molecule has 0 saturated heterocycles. The van der Waals surface area contributed by atoms with Crippen LogP contribution in [0.1, 0.15) is 51.4 Å². The molecule has 0 spiro atoms. The molecule has 0 atom stereocenters. The average molecular weight is 377 g/mol. The van der Waals surface area contributed by atoms with E-state index in [1.807, 2.05) is 0 Å². The molecular formula is C12H18ClInO4. The van der Waals surface area contributed by atoms with Gasteiger partial charge in [0.2, 0.25) is 0 Å². The second kappa shape index (κ2) is 11.0. The van der Waals surface area contributed by atoms with Crippen molar-refractivity contribution in [3.63, 3.8) is 0 Å². The van der Waals surface area contributed by atoms with Crippen LogP contribution in [0.5, 0.6) is 0 Å². The quantitative estimate of drug-likeness (QED) is 0.509. The van der Waals surface area contributed by atoms with E-state index in [1.54, 1.807) is 0 Å². The topological polar surface area (TPSA) is 80.3 Å². The van der Waals surface area contributed by atoms with Crippen LogP contribution >= 0.6 is 0 Å². The summed E-state index contributed by atoms with van der Waals surface area (Å²) in [5, 5.41) is 19.8. The van der Waals surface area contributed by atoms with Gasteiger partial charge < -0.3 is 32.2 Å². The molecule has 0 aromatic heterocycles. The zero-order valence-electron chi connectivity index (χ0n) is 10.4. The fourth-order valence-corrected chi connectivity index (χ4v) is 1.87. The SMILES string of the molecule is O=C([O-])CC1CCC1.O=C([O-])CC1CCC1.[Cl-].[In+3].